The molecule has 0 aromatic carbocycles. The Bertz CT molecular complexity index is 346. The van der Waals surface area contributed by atoms with Crippen LogP contribution >= 0.6 is 11.8 Å². The van der Waals surface area contributed by atoms with Gasteiger partial charge in [0.15, 0.2) is 5.17 Å². The van der Waals surface area contributed by atoms with E-state index in [0.717, 1.165) is 24.5 Å². The van der Waals surface area contributed by atoms with E-state index in [1.165, 1.54) is 19.8 Å². The summed E-state index contributed by atoms with van der Waals surface area (Å²) in [5.41, 5.74) is 0.0912. The van der Waals surface area contributed by atoms with Crippen LogP contribution in [-0.2, 0) is 0 Å². The molecule has 1 saturated heterocycles. The van der Waals surface area contributed by atoms with Gasteiger partial charge >= 0.3 is 6.18 Å². The Kier molecular flexibility index (Phi) is 4.38. The van der Waals surface area contributed by atoms with E-state index in [1.54, 1.807) is 11.8 Å². The minimum atomic E-state index is -4.13. The quantitative estimate of drug-likeness (QED) is 0.833. The number of alkyl halides is 3. The number of halogens is 3. The summed E-state index contributed by atoms with van der Waals surface area (Å²) in [6.07, 6.45) is -0.382. The van der Waals surface area contributed by atoms with Gasteiger partial charge in [-0.1, -0.05) is 18.7 Å². The molecule has 2 fully saturated rings. The van der Waals surface area contributed by atoms with Crippen molar-refractivity contribution >= 4 is 16.9 Å². The molecule has 1 saturated carbocycles. The summed E-state index contributed by atoms with van der Waals surface area (Å²) in [5.74, 6) is 1.71. The molecule has 0 amide bonds. The highest BCUT2D eigenvalue weighted by atomic mass is 32.2. The van der Waals surface area contributed by atoms with Gasteiger partial charge in [-0.2, -0.15) is 13.2 Å². The molecule has 0 radical (unpaired) electrons. The van der Waals surface area contributed by atoms with E-state index in [2.05, 4.69) is 17.2 Å². The summed E-state index contributed by atoms with van der Waals surface area (Å²) in [6.45, 7) is 3.78. The molecular weight excluding hydrogens is 273 g/mol. The highest BCUT2D eigenvalue weighted by Crippen LogP contribution is 2.38. The van der Waals surface area contributed by atoms with Gasteiger partial charge in [0.05, 0.1) is 12.5 Å². The Morgan fingerprint density at radius 1 is 1.42 bits per heavy atom. The highest BCUT2D eigenvalue weighted by Gasteiger charge is 2.40. The maximum atomic E-state index is 12.3. The maximum absolute atomic E-state index is 12.3. The number of amidine groups is 1. The number of rotatable bonds is 2. The number of hydrogen-bond acceptors (Lipinski definition) is 2. The molecule has 1 aliphatic carbocycles. The zero-order valence-electron chi connectivity index (χ0n) is 11.4. The van der Waals surface area contributed by atoms with Gasteiger partial charge in [0, 0.05) is 11.3 Å². The van der Waals surface area contributed by atoms with E-state index in [9.17, 15) is 13.2 Å². The SMILES string of the molecule is CC1CCC2(CC1)CSC(=NC(C)CC(F)(F)F)N2. The van der Waals surface area contributed by atoms with Crippen molar-refractivity contribution in [3.05, 3.63) is 0 Å². The predicted molar refractivity (Wildman–Crippen MR) is 73.5 cm³/mol. The van der Waals surface area contributed by atoms with Crippen molar-refractivity contribution in [3.63, 3.8) is 0 Å². The molecule has 1 heterocycles. The molecule has 0 aromatic rings. The van der Waals surface area contributed by atoms with Crippen molar-refractivity contribution in [1.82, 2.24) is 5.32 Å². The number of aliphatic imine (C=N–C) groups is 1. The van der Waals surface area contributed by atoms with Crippen LogP contribution in [0.5, 0.6) is 0 Å². The van der Waals surface area contributed by atoms with Gasteiger partial charge in [-0.3, -0.25) is 4.99 Å². The number of thioether (sulfide) groups is 1. The van der Waals surface area contributed by atoms with Gasteiger partial charge in [0.2, 0.25) is 0 Å². The molecule has 1 unspecified atom stereocenters. The second-order valence-electron chi connectivity index (χ2n) is 5.98. The fraction of sp³-hybridized carbons (Fsp3) is 0.923. The minimum Gasteiger partial charge on any atom is -0.359 e. The molecule has 110 valence electrons. The average Bonchev–Trinajstić information content (AvgIpc) is 2.64. The summed E-state index contributed by atoms with van der Waals surface area (Å²) in [7, 11) is 0. The topological polar surface area (TPSA) is 24.4 Å². The smallest absolute Gasteiger partial charge is 0.359 e. The van der Waals surface area contributed by atoms with Crippen LogP contribution < -0.4 is 5.32 Å². The third kappa shape index (κ3) is 4.29. The largest absolute Gasteiger partial charge is 0.391 e. The van der Waals surface area contributed by atoms with Crippen molar-refractivity contribution in [2.75, 3.05) is 5.75 Å². The van der Waals surface area contributed by atoms with Crippen molar-refractivity contribution in [2.24, 2.45) is 10.9 Å². The first-order valence-corrected chi connectivity index (χ1v) is 7.82. The summed E-state index contributed by atoms with van der Waals surface area (Å²) >= 11 is 1.57. The van der Waals surface area contributed by atoms with Crippen LogP contribution in [0.25, 0.3) is 0 Å². The van der Waals surface area contributed by atoms with Crippen LogP contribution in [0.2, 0.25) is 0 Å². The van der Waals surface area contributed by atoms with Crippen LogP contribution in [0.3, 0.4) is 0 Å². The molecular formula is C13H21F3N2S. The lowest BCUT2D eigenvalue weighted by Gasteiger charge is -2.35. The molecule has 2 rings (SSSR count). The zero-order valence-corrected chi connectivity index (χ0v) is 12.2. The van der Waals surface area contributed by atoms with Crippen LogP contribution in [0.4, 0.5) is 13.2 Å². The van der Waals surface area contributed by atoms with Crippen LogP contribution in [0.15, 0.2) is 4.99 Å². The van der Waals surface area contributed by atoms with Crippen LogP contribution in [-0.4, -0.2) is 28.7 Å². The average molecular weight is 294 g/mol. The summed E-state index contributed by atoms with van der Waals surface area (Å²) in [6, 6.07) is -0.701. The molecule has 19 heavy (non-hydrogen) atoms. The zero-order chi connectivity index (χ0) is 14.1. The first kappa shape index (κ1) is 15.0. The molecule has 0 aromatic heterocycles. The summed E-state index contributed by atoms with van der Waals surface area (Å²) in [5, 5.41) is 4.09. The summed E-state index contributed by atoms with van der Waals surface area (Å²) in [4.78, 5) is 4.18. The number of nitrogens with zero attached hydrogens (tertiary/aromatic N) is 1. The minimum absolute atomic E-state index is 0.0912. The van der Waals surface area contributed by atoms with Crippen molar-refractivity contribution < 1.29 is 13.2 Å². The Morgan fingerprint density at radius 3 is 2.63 bits per heavy atom. The van der Waals surface area contributed by atoms with E-state index >= 15 is 0 Å². The van der Waals surface area contributed by atoms with Gasteiger partial charge < -0.3 is 5.32 Å². The number of nitrogens with one attached hydrogen (secondary N) is 1. The fourth-order valence-corrected chi connectivity index (χ4v) is 4.06. The van der Waals surface area contributed by atoms with E-state index < -0.39 is 18.6 Å². The van der Waals surface area contributed by atoms with Gasteiger partial charge in [-0.15, -0.1) is 0 Å². The molecule has 2 nitrogen and oxygen atoms in total. The molecule has 6 heteroatoms. The highest BCUT2D eigenvalue weighted by molar-refractivity contribution is 8.14. The van der Waals surface area contributed by atoms with Crippen molar-refractivity contribution in [3.8, 4) is 0 Å². The normalized spacial score (nSPS) is 35.6. The summed E-state index contributed by atoms with van der Waals surface area (Å²) < 4.78 is 36.8. The Morgan fingerprint density at radius 2 is 2.05 bits per heavy atom. The predicted octanol–water partition coefficient (Wildman–Crippen LogP) is 3.97. The second-order valence-corrected chi connectivity index (χ2v) is 6.94. The lowest BCUT2D eigenvalue weighted by Crippen LogP contribution is -2.46. The van der Waals surface area contributed by atoms with E-state index in [1.807, 2.05) is 0 Å². The fourth-order valence-electron chi connectivity index (χ4n) is 2.74. The van der Waals surface area contributed by atoms with Crippen molar-refractivity contribution in [1.29, 1.82) is 0 Å². The monoisotopic (exact) mass is 294 g/mol. The first-order valence-electron chi connectivity index (χ1n) is 6.84. The Labute approximate surface area is 116 Å². The molecule has 1 atom stereocenters. The molecule has 1 aliphatic heterocycles. The van der Waals surface area contributed by atoms with E-state index in [4.69, 9.17) is 0 Å². The third-order valence-electron chi connectivity index (χ3n) is 3.95. The van der Waals surface area contributed by atoms with E-state index in [0.29, 0.717) is 5.17 Å². The molecule has 2 aliphatic rings. The van der Waals surface area contributed by atoms with Gasteiger partial charge in [0.25, 0.3) is 0 Å². The Hall–Kier alpha value is -0.390. The molecule has 1 N–H and O–H groups in total. The van der Waals surface area contributed by atoms with E-state index in [-0.39, 0.29) is 5.54 Å². The molecule has 1 spiro atoms. The lowest BCUT2D eigenvalue weighted by atomic mass is 9.78. The second kappa shape index (κ2) is 5.54. The van der Waals surface area contributed by atoms with Crippen LogP contribution in [0, 0.1) is 5.92 Å². The van der Waals surface area contributed by atoms with Crippen molar-refractivity contribution in [2.45, 2.75) is 63.7 Å². The van der Waals surface area contributed by atoms with Gasteiger partial charge in [-0.05, 0) is 38.5 Å². The molecule has 0 bridgehead atoms. The lowest BCUT2D eigenvalue weighted by molar-refractivity contribution is -0.137. The third-order valence-corrected chi connectivity index (χ3v) is 5.13. The Balaban J connectivity index is 1.91. The number of hydrogen-bond donors (Lipinski definition) is 1. The maximum Gasteiger partial charge on any atom is 0.391 e. The van der Waals surface area contributed by atoms with Crippen LogP contribution in [0.1, 0.15) is 46.0 Å². The standard InChI is InChI=1S/C13H21F3N2S/c1-9-3-5-12(6-4-9)8-19-11(18-12)17-10(2)7-13(14,15)16/h9-10H,3-8H2,1-2H3,(H,17,18). The van der Waals surface area contributed by atoms with Gasteiger partial charge in [0.1, 0.15) is 0 Å². The van der Waals surface area contributed by atoms with Gasteiger partial charge in [-0.25, -0.2) is 0 Å². The first-order chi connectivity index (χ1) is 8.78.